The van der Waals surface area contributed by atoms with Crippen molar-refractivity contribution in [1.29, 1.82) is 0 Å². The van der Waals surface area contributed by atoms with Crippen molar-refractivity contribution < 1.29 is 9.26 Å². The monoisotopic (exact) mass is 282 g/mol. The van der Waals surface area contributed by atoms with E-state index in [0.717, 1.165) is 29.5 Å². The lowest BCUT2D eigenvalue weighted by atomic mass is 10.1. The normalized spacial score (nSPS) is 19.5. The van der Waals surface area contributed by atoms with Gasteiger partial charge in [-0.15, -0.1) is 23.1 Å². The molecule has 0 radical (unpaired) electrons. The van der Waals surface area contributed by atoms with Crippen LogP contribution in [0.5, 0.6) is 0 Å². The van der Waals surface area contributed by atoms with Crippen molar-refractivity contribution in [1.82, 2.24) is 10.1 Å². The Kier molecular flexibility index (Phi) is 3.67. The van der Waals surface area contributed by atoms with E-state index >= 15 is 0 Å². The first-order valence-electron chi connectivity index (χ1n) is 6.01. The molecular weight excluding hydrogens is 268 g/mol. The van der Waals surface area contributed by atoms with Crippen LogP contribution in [0.25, 0.3) is 10.8 Å². The Labute approximate surface area is 114 Å². The van der Waals surface area contributed by atoms with E-state index in [9.17, 15) is 0 Å². The molecule has 1 aliphatic heterocycles. The van der Waals surface area contributed by atoms with E-state index in [1.54, 1.807) is 11.3 Å². The van der Waals surface area contributed by atoms with Gasteiger partial charge in [0.1, 0.15) is 0 Å². The zero-order valence-electron chi connectivity index (χ0n) is 10.1. The van der Waals surface area contributed by atoms with Gasteiger partial charge >= 0.3 is 0 Å². The van der Waals surface area contributed by atoms with Crippen molar-refractivity contribution in [2.75, 3.05) is 19.0 Å². The standard InChI is InChI=1S/C12H14N2O2S2/c1-2-17-10-4-3-9(18-10)12-13-11(14-16-12)8-5-6-15-7-8/h3-4,8H,2,5-7H2,1H3. The van der Waals surface area contributed by atoms with Gasteiger partial charge in [0.05, 0.1) is 15.7 Å². The molecule has 0 spiro atoms. The number of ether oxygens (including phenoxy) is 1. The molecule has 2 aromatic heterocycles. The van der Waals surface area contributed by atoms with Crippen LogP contribution in [-0.2, 0) is 4.74 Å². The van der Waals surface area contributed by atoms with Crippen molar-refractivity contribution in [3.8, 4) is 10.8 Å². The zero-order chi connectivity index (χ0) is 12.4. The fourth-order valence-electron chi connectivity index (χ4n) is 1.89. The number of aromatic nitrogens is 2. The van der Waals surface area contributed by atoms with Crippen LogP contribution in [-0.4, -0.2) is 29.1 Å². The third-order valence-corrected chi connectivity index (χ3v) is 5.00. The van der Waals surface area contributed by atoms with Gasteiger partial charge in [-0.05, 0) is 24.3 Å². The SMILES string of the molecule is CCSc1ccc(-c2nc(C3CCOC3)no2)s1. The van der Waals surface area contributed by atoms with E-state index in [2.05, 4.69) is 23.1 Å². The smallest absolute Gasteiger partial charge is 0.268 e. The molecule has 0 aliphatic carbocycles. The number of thiophene rings is 1. The van der Waals surface area contributed by atoms with E-state index in [-0.39, 0.29) is 0 Å². The second-order valence-corrected chi connectivity index (χ2v) is 6.72. The molecule has 0 aromatic carbocycles. The van der Waals surface area contributed by atoms with Crippen LogP contribution < -0.4 is 0 Å². The molecule has 1 fully saturated rings. The molecule has 0 saturated carbocycles. The van der Waals surface area contributed by atoms with E-state index in [4.69, 9.17) is 9.26 Å². The molecule has 1 atom stereocenters. The fourth-order valence-corrected chi connectivity index (χ4v) is 3.86. The molecule has 96 valence electrons. The zero-order valence-corrected chi connectivity index (χ0v) is 11.7. The van der Waals surface area contributed by atoms with E-state index in [1.807, 2.05) is 17.8 Å². The highest BCUT2D eigenvalue weighted by molar-refractivity contribution is 8.01. The minimum absolute atomic E-state index is 0.298. The van der Waals surface area contributed by atoms with Crippen LogP contribution in [0.15, 0.2) is 20.9 Å². The molecule has 18 heavy (non-hydrogen) atoms. The Balaban J connectivity index is 1.78. The first-order chi connectivity index (χ1) is 8.86. The minimum Gasteiger partial charge on any atom is -0.381 e. The maximum Gasteiger partial charge on any atom is 0.268 e. The summed E-state index contributed by atoms with van der Waals surface area (Å²) in [5, 5.41) is 4.06. The number of hydrogen-bond acceptors (Lipinski definition) is 6. The van der Waals surface area contributed by atoms with E-state index < -0.39 is 0 Å². The fraction of sp³-hybridized carbons (Fsp3) is 0.500. The average molecular weight is 282 g/mol. The summed E-state index contributed by atoms with van der Waals surface area (Å²) in [4.78, 5) is 5.52. The van der Waals surface area contributed by atoms with Gasteiger partial charge < -0.3 is 9.26 Å². The third kappa shape index (κ3) is 2.46. The number of thioether (sulfide) groups is 1. The Morgan fingerprint density at radius 1 is 1.50 bits per heavy atom. The van der Waals surface area contributed by atoms with Crippen LogP contribution >= 0.6 is 23.1 Å². The number of hydrogen-bond donors (Lipinski definition) is 0. The van der Waals surface area contributed by atoms with Gasteiger partial charge in [-0.3, -0.25) is 0 Å². The maximum atomic E-state index is 5.34. The summed E-state index contributed by atoms with van der Waals surface area (Å²) < 4.78 is 12.0. The molecule has 3 heterocycles. The van der Waals surface area contributed by atoms with Crippen LogP contribution in [0.3, 0.4) is 0 Å². The molecule has 0 bridgehead atoms. The second kappa shape index (κ2) is 5.42. The summed E-state index contributed by atoms with van der Waals surface area (Å²) in [5.41, 5.74) is 0. The number of rotatable bonds is 4. The molecule has 0 amide bonds. The minimum atomic E-state index is 0.298. The Morgan fingerprint density at radius 2 is 2.44 bits per heavy atom. The largest absolute Gasteiger partial charge is 0.381 e. The van der Waals surface area contributed by atoms with Gasteiger partial charge in [0.15, 0.2) is 5.82 Å². The van der Waals surface area contributed by atoms with Crippen LogP contribution in [0.2, 0.25) is 0 Å². The number of nitrogens with zero attached hydrogens (tertiary/aromatic N) is 2. The third-order valence-electron chi connectivity index (χ3n) is 2.82. The lowest BCUT2D eigenvalue weighted by Crippen LogP contribution is -1.99. The van der Waals surface area contributed by atoms with Crippen LogP contribution in [0.4, 0.5) is 0 Å². The first-order valence-corrected chi connectivity index (χ1v) is 7.81. The lowest BCUT2D eigenvalue weighted by Gasteiger charge is -1.97. The second-order valence-electron chi connectivity index (χ2n) is 4.07. The van der Waals surface area contributed by atoms with Gasteiger partial charge in [-0.25, -0.2) is 0 Å². The molecule has 1 saturated heterocycles. The summed E-state index contributed by atoms with van der Waals surface area (Å²) in [6, 6.07) is 4.15. The summed E-state index contributed by atoms with van der Waals surface area (Å²) in [6.45, 7) is 3.65. The molecule has 0 N–H and O–H groups in total. The van der Waals surface area contributed by atoms with Crippen molar-refractivity contribution in [2.24, 2.45) is 0 Å². The van der Waals surface area contributed by atoms with Crippen molar-refractivity contribution in [3.05, 3.63) is 18.0 Å². The highest BCUT2D eigenvalue weighted by Gasteiger charge is 2.23. The van der Waals surface area contributed by atoms with E-state index in [1.165, 1.54) is 4.21 Å². The highest BCUT2D eigenvalue weighted by Crippen LogP contribution is 2.34. The van der Waals surface area contributed by atoms with Crippen molar-refractivity contribution >= 4 is 23.1 Å². The topological polar surface area (TPSA) is 48.2 Å². The van der Waals surface area contributed by atoms with Crippen LogP contribution in [0, 0.1) is 0 Å². The molecule has 4 nitrogen and oxygen atoms in total. The summed E-state index contributed by atoms with van der Waals surface area (Å²) >= 11 is 3.53. The quantitative estimate of drug-likeness (QED) is 0.804. The van der Waals surface area contributed by atoms with Gasteiger partial charge in [0.2, 0.25) is 0 Å². The predicted molar refractivity (Wildman–Crippen MR) is 72.2 cm³/mol. The summed E-state index contributed by atoms with van der Waals surface area (Å²) in [5.74, 6) is 2.78. The van der Waals surface area contributed by atoms with Gasteiger partial charge in [-0.1, -0.05) is 12.1 Å². The van der Waals surface area contributed by atoms with Crippen LogP contribution in [0.1, 0.15) is 25.1 Å². The first kappa shape index (κ1) is 12.2. The van der Waals surface area contributed by atoms with Gasteiger partial charge in [0.25, 0.3) is 5.89 Å². The molecule has 2 aromatic rings. The predicted octanol–water partition coefficient (Wildman–Crippen LogP) is 3.41. The lowest BCUT2D eigenvalue weighted by molar-refractivity contribution is 0.192. The highest BCUT2D eigenvalue weighted by atomic mass is 32.2. The molecule has 1 aliphatic rings. The molecule has 3 rings (SSSR count). The Hall–Kier alpha value is -0.850. The van der Waals surface area contributed by atoms with Gasteiger partial charge in [0, 0.05) is 12.5 Å². The average Bonchev–Trinajstić information content (AvgIpc) is 3.10. The van der Waals surface area contributed by atoms with Crippen molar-refractivity contribution in [3.63, 3.8) is 0 Å². The summed E-state index contributed by atoms with van der Waals surface area (Å²) in [6.07, 6.45) is 0.986. The molecule has 1 unspecified atom stereocenters. The van der Waals surface area contributed by atoms with Crippen molar-refractivity contribution in [2.45, 2.75) is 23.5 Å². The Bertz CT molecular complexity index is 518. The molecular formula is C12H14N2O2S2. The molecule has 6 heteroatoms. The summed E-state index contributed by atoms with van der Waals surface area (Å²) in [7, 11) is 0. The van der Waals surface area contributed by atoms with Gasteiger partial charge in [-0.2, -0.15) is 4.98 Å². The Morgan fingerprint density at radius 3 is 3.22 bits per heavy atom. The maximum absolute atomic E-state index is 5.34. The van der Waals surface area contributed by atoms with E-state index in [0.29, 0.717) is 18.4 Å².